The van der Waals surface area contributed by atoms with Crippen molar-refractivity contribution in [3.05, 3.63) is 70.5 Å². The van der Waals surface area contributed by atoms with Crippen LogP contribution in [0.1, 0.15) is 18.4 Å². The van der Waals surface area contributed by atoms with Crippen LogP contribution < -0.4 is 15.2 Å². The van der Waals surface area contributed by atoms with Gasteiger partial charge < -0.3 is 14.2 Å². The van der Waals surface area contributed by atoms with Gasteiger partial charge in [-0.3, -0.25) is 4.79 Å². The van der Waals surface area contributed by atoms with Crippen molar-refractivity contribution in [2.75, 3.05) is 18.0 Å². The van der Waals surface area contributed by atoms with Gasteiger partial charge in [-0.15, -0.1) is 0 Å². The Hall–Kier alpha value is -3.26. The Balaban J connectivity index is 1.64. The molecule has 5 nitrogen and oxygen atoms in total. The Morgan fingerprint density at radius 3 is 2.41 bits per heavy atom. The molecule has 0 radical (unpaired) electrons. The Labute approximate surface area is 158 Å². The molecule has 1 saturated heterocycles. The van der Waals surface area contributed by atoms with E-state index in [1.54, 1.807) is 11.6 Å². The number of fused-ring (bicyclic) bond motifs is 1. The van der Waals surface area contributed by atoms with E-state index in [4.69, 9.17) is 4.74 Å². The van der Waals surface area contributed by atoms with E-state index in [-0.39, 0.29) is 17.2 Å². The van der Waals surface area contributed by atoms with Crippen molar-refractivity contribution in [3.8, 4) is 11.8 Å². The van der Waals surface area contributed by atoms with Crippen molar-refractivity contribution in [1.82, 2.24) is 4.57 Å². The fraction of sp³-hybridized carbons (Fsp3) is 0.273. The molecule has 27 heavy (non-hydrogen) atoms. The van der Waals surface area contributed by atoms with Gasteiger partial charge in [0, 0.05) is 38.4 Å². The Morgan fingerprint density at radius 2 is 1.70 bits per heavy atom. The zero-order chi connectivity index (χ0) is 18.8. The average molecular weight is 359 g/mol. The van der Waals surface area contributed by atoms with Gasteiger partial charge in [-0.25, -0.2) is 0 Å². The third-order valence-corrected chi connectivity index (χ3v) is 5.19. The number of ether oxygens (including phenoxy) is 1. The number of anilines is 1. The summed E-state index contributed by atoms with van der Waals surface area (Å²) in [5, 5.41) is 10.6. The molecule has 1 aliphatic heterocycles. The zero-order valence-corrected chi connectivity index (χ0v) is 15.3. The van der Waals surface area contributed by atoms with E-state index in [1.165, 1.54) is 0 Å². The number of aryl methyl sites for hydroxylation is 1. The number of benzene rings is 2. The summed E-state index contributed by atoms with van der Waals surface area (Å²) in [6, 6.07) is 19.7. The maximum Gasteiger partial charge on any atom is 0.270 e. The molecule has 136 valence electrons. The Morgan fingerprint density at radius 1 is 1.04 bits per heavy atom. The lowest BCUT2D eigenvalue weighted by Crippen LogP contribution is -2.40. The van der Waals surface area contributed by atoms with Crippen LogP contribution in [0.4, 0.5) is 5.69 Å². The van der Waals surface area contributed by atoms with Gasteiger partial charge in [0.25, 0.3) is 5.56 Å². The first-order chi connectivity index (χ1) is 13.2. The highest BCUT2D eigenvalue weighted by molar-refractivity contribution is 5.94. The summed E-state index contributed by atoms with van der Waals surface area (Å²) in [6.45, 7) is 1.51. The quantitative estimate of drug-likeness (QED) is 0.719. The van der Waals surface area contributed by atoms with E-state index in [0.29, 0.717) is 0 Å². The first-order valence-electron chi connectivity index (χ1n) is 9.17. The van der Waals surface area contributed by atoms with Crippen LogP contribution in [0.25, 0.3) is 10.9 Å². The molecule has 0 N–H and O–H groups in total. The SMILES string of the molecule is Cn1c(=O)c(C#N)c(N2CCC(Oc3ccccc3)CC2)c2ccccc21. The number of pyridine rings is 1. The smallest absolute Gasteiger partial charge is 0.270 e. The van der Waals surface area contributed by atoms with E-state index >= 15 is 0 Å². The van der Waals surface area contributed by atoms with Crippen molar-refractivity contribution < 1.29 is 4.74 Å². The number of para-hydroxylation sites is 2. The zero-order valence-electron chi connectivity index (χ0n) is 15.3. The number of piperidine rings is 1. The van der Waals surface area contributed by atoms with Gasteiger partial charge >= 0.3 is 0 Å². The van der Waals surface area contributed by atoms with Crippen LogP contribution in [0.2, 0.25) is 0 Å². The maximum atomic E-state index is 12.7. The molecular formula is C22H21N3O2. The van der Waals surface area contributed by atoms with Gasteiger partial charge in [-0.05, 0) is 18.2 Å². The molecule has 3 aromatic rings. The standard InChI is InChI=1S/C22H21N3O2/c1-24-20-10-6-5-9-18(20)21(19(15-23)22(24)26)25-13-11-17(12-14-25)27-16-7-3-2-4-8-16/h2-10,17H,11-14H2,1H3. The van der Waals surface area contributed by atoms with Gasteiger partial charge in [0.2, 0.25) is 0 Å². The van der Waals surface area contributed by atoms with Crippen molar-refractivity contribution >= 4 is 16.6 Å². The highest BCUT2D eigenvalue weighted by atomic mass is 16.5. The fourth-order valence-electron chi connectivity index (χ4n) is 3.80. The van der Waals surface area contributed by atoms with Crippen LogP contribution in [0.5, 0.6) is 5.75 Å². The number of hydrogen-bond donors (Lipinski definition) is 0. The summed E-state index contributed by atoms with van der Waals surface area (Å²) in [6.07, 6.45) is 1.85. The lowest BCUT2D eigenvalue weighted by Gasteiger charge is -2.34. The van der Waals surface area contributed by atoms with Crippen molar-refractivity contribution in [2.24, 2.45) is 7.05 Å². The van der Waals surface area contributed by atoms with Crippen LogP contribution in [0, 0.1) is 11.3 Å². The summed E-state index contributed by atoms with van der Waals surface area (Å²) in [5.74, 6) is 0.882. The maximum absolute atomic E-state index is 12.7. The van der Waals surface area contributed by atoms with Gasteiger partial charge in [0.05, 0.1) is 11.2 Å². The number of aromatic nitrogens is 1. The molecule has 4 rings (SSSR count). The van der Waals surface area contributed by atoms with Gasteiger partial charge in [-0.1, -0.05) is 36.4 Å². The molecule has 1 fully saturated rings. The van der Waals surface area contributed by atoms with Crippen LogP contribution in [0.15, 0.2) is 59.4 Å². The van der Waals surface area contributed by atoms with E-state index in [9.17, 15) is 10.1 Å². The summed E-state index contributed by atoms with van der Waals surface area (Å²) in [5.41, 5.74) is 1.58. The van der Waals surface area contributed by atoms with Crippen LogP contribution in [0.3, 0.4) is 0 Å². The van der Waals surface area contributed by atoms with Gasteiger partial charge in [0.1, 0.15) is 23.5 Å². The molecule has 1 aliphatic rings. The molecule has 1 aromatic heterocycles. The minimum atomic E-state index is -0.242. The second-order valence-electron chi connectivity index (χ2n) is 6.83. The van der Waals surface area contributed by atoms with Crippen LogP contribution >= 0.6 is 0 Å². The summed E-state index contributed by atoms with van der Waals surface area (Å²) in [4.78, 5) is 14.8. The molecule has 0 bridgehead atoms. The van der Waals surface area contributed by atoms with Gasteiger partial charge in [-0.2, -0.15) is 5.26 Å². The molecule has 0 atom stereocenters. The fourth-order valence-corrected chi connectivity index (χ4v) is 3.80. The molecule has 0 unspecified atom stereocenters. The van der Waals surface area contributed by atoms with E-state index in [0.717, 1.165) is 48.3 Å². The second-order valence-corrected chi connectivity index (χ2v) is 6.83. The number of nitrogens with zero attached hydrogens (tertiary/aromatic N) is 3. The average Bonchev–Trinajstić information content (AvgIpc) is 2.72. The lowest BCUT2D eigenvalue weighted by atomic mass is 10.0. The minimum absolute atomic E-state index is 0.145. The Kier molecular flexibility index (Phi) is 4.55. The molecule has 2 heterocycles. The molecule has 0 saturated carbocycles. The third kappa shape index (κ3) is 3.15. The van der Waals surface area contributed by atoms with Gasteiger partial charge in [0.15, 0.2) is 0 Å². The number of hydrogen-bond acceptors (Lipinski definition) is 4. The molecular weight excluding hydrogens is 338 g/mol. The largest absolute Gasteiger partial charge is 0.490 e. The molecule has 0 amide bonds. The monoisotopic (exact) mass is 359 g/mol. The normalized spacial score (nSPS) is 14.9. The second kappa shape index (κ2) is 7.16. The highest BCUT2D eigenvalue weighted by Crippen LogP contribution is 2.31. The predicted molar refractivity (Wildman–Crippen MR) is 106 cm³/mol. The van der Waals surface area contributed by atoms with Crippen LogP contribution in [-0.2, 0) is 7.05 Å². The number of rotatable bonds is 3. The first kappa shape index (κ1) is 17.2. The number of nitriles is 1. The van der Waals surface area contributed by atoms with Crippen molar-refractivity contribution in [1.29, 1.82) is 5.26 Å². The third-order valence-electron chi connectivity index (χ3n) is 5.19. The highest BCUT2D eigenvalue weighted by Gasteiger charge is 2.26. The molecule has 2 aromatic carbocycles. The van der Waals surface area contributed by atoms with Crippen molar-refractivity contribution in [3.63, 3.8) is 0 Å². The Bertz CT molecular complexity index is 1060. The van der Waals surface area contributed by atoms with E-state index < -0.39 is 0 Å². The van der Waals surface area contributed by atoms with Crippen LogP contribution in [-0.4, -0.2) is 23.8 Å². The first-order valence-corrected chi connectivity index (χ1v) is 9.17. The predicted octanol–water partition coefficient (Wildman–Crippen LogP) is 3.46. The molecule has 0 spiro atoms. The topological polar surface area (TPSA) is 58.3 Å². The van der Waals surface area contributed by atoms with Crippen molar-refractivity contribution in [2.45, 2.75) is 18.9 Å². The van der Waals surface area contributed by atoms with E-state index in [1.807, 2.05) is 54.6 Å². The summed E-state index contributed by atoms with van der Waals surface area (Å²) < 4.78 is 7.63. The molecule has 0 aliphatic carbocycles. The van der Waals surface area contributed by atoms with E-state index in [2.05, 4.69) is 11.0 Å². The molecule has 5 heteroatoms. The minimum Gasteiger partial charge on any atom is -0.490 e. The summed E-state index contributed by atoms with van der Waals surface area (Å²) in [7, 11) is 1.72. The summed E-state index contributed by atoms with van der Waals surface area (Å²) >= 11 is 0. The lowest BCUT2D eigenvalue weighted by molar-refractivity contribution is 0.171.